The van der Waals surface area contributed by atoms with Crippen molar-refractivity contribution in [2.45, 2.75) is 12.8 Å². The van der Waals surface area contributed by atoms with Crippen LogP contribution < -0.4 is 19.7 Å². The fourth-order valence-electron chi connectivity index (χ4n) is 3.18. The molecule has 4 rings (SSSR count). The first-order valence-corrected chi connectivity index (χ1v) is 9.33. The fourth-order valence-corrected chi connectivity index (χ4v) is 3.18. The van der Waals surface area contributed by atoms with Crippen molar-refractivity contribution in [2.24, 2.45) is 0 Å². The van der Waals surface area contributed by atoms with Gasteiger partial charge in [0.2, 0.25) is 11.8 Å². The molecule has 1 fully saturated rings. The van der Waals surface area contributed by atoms with E-state index in [0.717, 1.165) is 4.90 Å². The van der Waals surface area contributed by atoms with Crippen LogP contribution in [0.2, 0.25) is 0 Å². The lowest BCUT2D eigenvalue weighted by molar-refractivity contribution is -0.121. The number of ether oxygens (including phenoxy) is 2. The van der Waals surface area contributed by atoms with Gasteiger partial charge < -0.3 is 13.9 Å². The summed E-state index contributed by atoms with van der Waals surface area (Å²) < 4.78 is 16.1. The summed E-state index contributed by atoms with van der Waals surface area (Å²) in [5, 5.41) is 10.3. The van der Waals surface area contributed by atoms with Gasteiger partial charge in [-0.05, 0) is 36.4 Å². The van der Waals surface area contributed by atoms with E-state index in [2.05, 4.69) is 15.5 Å². The van der Waals surface area contributed by atoms with Crippen LogP contribution in [0.15, 0.2) is 46.9 Å². The quantitative estimate of drug-likeness (QED) is 0.601. The number of carbonyl (C=O) groups excluding carboxylic acids is 3. The van der Waals surface area contributed by atoms with Crippen molar-refractivity contribution in [3.05, 3.63) is 48.0 Å². The number of benzene rings is 2. The topological polar surface area (TPSA) is 124 Å². The molecule has 3 aromatic rings. The second-order valence-corrected chi connectivity index (χ2v) is 6.61. The molecule has 0 aliphatic carbocycles. The fraction of sp³-hybridized carbons (Fsp3) is 0.190. The van der Waals surface area contributed by atoms with Crippen molar-refractivity contribution < 1.29 is 28.3 Å². The maximum absolute atomic E-state index is 12.6. The molecule has 158 valence electrons. The number of anilines is 2. The van der Waals surface area contributed by atoms with Gasteiger partial charge in [0.05, 0.1) is 25.5 Å². The molecule has 1 saturated heterocycles. The van der Waals surface area contributed by atoms with Crippen LogP contribution in [0.1, 0.15) is 23.2 Å². The van der Waals surface area contributed by atoms with Crippen LogP contribution >= 0.6 is 0 Å². The van der Waals surface area contributed by atoms with Crippen molar-refractivity contribution in [2.75, 3.05) is 24.4 Å². The van der Waals surface area contributed by atoms with Crippen LogP contribution in [-0.2, 0) is 9.59 Å². The van der Waals surface area contributed by atoms with Gasteiger partial charge in [-0.2, -0.15) is 0 Å². The molecule has 0 saturated carbocycles. The van der Waals surface area contributed by atoms with Gasteiger partial charge in [-0.15, -0.1) is 5.10 Å². The molecule has 0 bridgehead atoms. The van der Waals surface area contributed by atoms with Gasteiger partial charge in [-0.3, -0.25) is 24.6 Å². The van der Waals surface area contributed by atoms with Crippen LogP contribution in [0, 0.1) is 0 Å². The summed E-state index contributed by atoms with van der Waals surface area (Å²) >= 11 is 0. The molecule has 0 radical (unpaired) electrons. The Morgan fingerprint density at radius 1 is 1.03 bits per heavy atom. The standard InChI is InChI=1S/C21H18N4O6/c1-29-14-6-7-16(30-2)15(11-14)20-23-24-21(31-20)22-19(28)12-4-3-5-13(10-12)25-17(26)8-9-18(25)27/h3-7,10-11H,8-9H2,1-2H3,(H,22,24,28). The van der Waals surface area contributed by atoms with E-state index < -0.39 is 5.91 Å². The molecular formula is C21H18N4O6. The second-order valence-electron chi connectivity index (χ2n) is 6.61. The highest BCUT2D eigenvalue weighted by molar-refractivity contribution is 6.20. The van der Waals surface area contributed by atoms with Crippen molar-refractivity contribution in [1.29, 1.82) is 0 Å². The SMILES string of the molecule is COc1ccc(OC)c(-c2nnc(NC(=O)c3cccc(N4C(=O)CCC4=O)c3)o2)c1. The van der Waals surface area contributed by atoms with Crippen LogP contribution in [0.5, 0.6) is 11.5 Å². The molecule has 1 N–H and O–H groups in total. The Hall–Kier alpha value is -4.21. The Morgan fingerprint density at radius 2 is 1.81 bits per heavy atom. The van der Waals surface area contributed by atoms with E-state index in [0.29, 0.717) is 22.7 Å². The average Bonchev–Trinajstić information content (AvgIpc) is 3.39. The highest BCUT2D eigenvalue weighted by Crippen LogP contribution is 2.33. The molecule has 0 unspecified atom stereocenters. The van der Waals surface area contributed by atoms with E-state index in [9.17, 15) is 14.4 Å². The summed E-state index contributed by atoms with van der Waals surface area (Å²) in [4.78, 5) is 37.6. The third-order valence-corrected chi connectivity index (χ3v) is 4.70. The minimum absolute atomic E-state index is 0.122. The second kappa shape index (κ2) is 8.27. The van der Waals surface area contributed by atoms with E-state index in [4.69, 9.17) is 13.9 Å². The Balaban J connectivity index is 1.55. The van der Waals surface area contributed by atoms with Crippen molar-refractivity contribution in [1.82, 2.24) is 10.2 Å². The zero-order valence-electron chi connectivity index (χ0n) is 16.7. The maximum Gasteiger partial charge on any atom is 0.322 e. The van der Waals surface area contributed by atoms with Crippen LogP contribution in [0.4, 0.5) is 11.7 Å². The van der Waals surface area contributed by atoms with E-state index in [1.807, 2.05) is 0 Å². The molecule has 0 spiro atoms. The normalized spacial score (nSPS) is 13.4. The zero-order valence-corrected chi connectivity index (χ0v) is 16.7. The molecule has 2 heterocycles. The van der Waals surface area contributed by atoms with E-state index >= 15 is 0 Å². The molecule has 2 aromatic carbocycles. The Bertz CT molecular complexity index is 1160. The molecule has 0 atom stereocenters. The van der Waals surface area contributed by atoms with Gasteiger partial charge in [-0.25, -0.2) is 0 Å². The predicted octanol–water partition coefficient (Wildman–Crippen LogP) is 2.66. The van der Waals surface area contributed by atoms with Crippen LogP contribution in [0.3, 0.4) is 0 Å². The highest BCUT2D eigenvalue weighted by Gasteiger charge is 2.30. The number of amides is 3. The summed E-state index contributed by atoms with van der Waals surface area (Å²) in [6.07, 6.45) is 0.321. The number of carbonyl (C=O) groups is 3. The largest absolute Gasteiger partial charge is 0.497 e. The third-order valence-electron chi connectivity index (χ3n) is 4.70. The lowest BCUT2D eigenvalue weighted by Crippen LogP contribution is -2.28. The van der Waals surface area contributed by atoms with E-state index in [-0.39, 0.29) is 42.1 Å². The Labute approximate surface area is 176 Å². The van der Waals surface area contributed by atoms with Gasteiger partial charge in [0.1, 0.15) is 11.5 Å². The highest BCUT2D eigenvalue weighted by atomic mass is 16.5. The minimum atomic E-state index is -0.534. The summed E-state index contributed by atoms with van der Waals surface area (Å²) in [7, 11) is 3.04. The smallest absolute Gasteiger partial charge is 0.322 e. The maximum atomic E-state index is 12.6. The Kier molecular flexibility index (Phi) is 5.35. The van der Waals surface area contributed by atoms with Gasteiger partial charge in [0.15, 0.2) is 0 Å². The summed E-state index contributed by atoms with van der Waals surface area (Å²) in [5.41, 5.74) is 1.07. The van der Waals surface area contributed by atoms with Crippen LogP contribution in [-0.4, -0.2) is 42.1 Å². The number of nitrogens with zero attached hydrogens (tertiary/aromatic N) is 3. The summed E-state index contributed by atoms with van der Waals surface area (Å²) in [6, 6.07) is 11.2. The van der Waals surface area contributed by atoms with Gasteiger partial charge >= 0.3 is 6.01 Å². The summed E-state index contributed by atoms with van der Waals surface area (Å²) in [5.74, 6) is 0.0758. The number of imide groups is 1. The molecule has 1 aliphatic rings. The molecule has 31 heavy (non-hydrogen) atoms. The first-order chi connectivity index (χ1) is 15.0. The first kappa shape index (κ1) is 20.1. The van der Waals surface area contributed by atoms with E-state index in [1.54, 1.807) is 36.4 Å². The number of rotatable bonds is 6. The number of nitrogens with one attached hydrogen (secondary N) is 1. The van der Waals surface area contributed by atoms with Gasteiger partial charge in [0, 0.05) is 18.4 Å². The van der Waals surface area contributed by atoms with Gasteiger partial charge in [0.25, 0.3) is 11.8 Å². The molecule has 1 aliphatic heterocycles. The number of methoxy groups -OCH3 is 2. The Morgan fingerprint density at radius 3 is 2.52 bits per heavy atom. The van der Waals surface area contributed by atoms with Crippen molar-refractivity contribution >= 4 is 29.4 Å². The lowest BCUT2D eigenvalue weighted by Gasteiger charge is -2.14. The zero-order chi connectivity index (χ0) is 22.0. The first-order valence-electron chi connectivity index (χ1n) is 9.33. The number of aromatic nitrogens is 2. The number of hydrogen-bond acceptors (Lipinski definition) is 8. The van der Waals surface area contributed by atoms with Crippen molar-refractivity contribution in [3.8, 4) is 23.0 Å². The average molecular weight is 422 g/mol. The molecular weight excluding hydrogens is 404 g/mol. The molecule has 3 amide bonds. The lowest BCUT2D eigenvalue weighted by atomic mass is 10.1. The van der Waals surface area contributed by atoms with Crippen molar-refractivity contribution in [3.63, 3.8) is 0 Å². The molecule has 1 aromatic heterocycles. The molecule has 10 nitrogen and oxygen atoms in total. The number of hydrogen-bond donors (Lipinski definition) is 1. The summed E-state index contributed by atoms with van der Waals surface area (Å²) in [6.45, 7) is 0. The molecule has 10 heteroatoms. The minimum Gasteiger partial charge on any atom is -0.497 e. The van der Waals surface area contributed by atoms with Gasteiger partial charge in [-0.1, -0.05) is 11.2 Å². The third kappa shape index (κ3) is 3.95. The monoisotopic (exact) mass is 422 g/mol. The predicted molar refractivity (Wildman–Crippen MR) is 109 cm³/mol. The van der Waals surface area contributed by atoms with E-state index in [1.165, 1.54) is 20.3 Å². The van der Waals surface area contributed by atoms with Crippen LogP contribution in [0.25, 0.3) is 11.5 Å².